The SMILES string of the molecule is CCn1nc(C)c(N)c1Oc1ccc(Br)c(C)c1. The zero-order chi connectivity index (χ0) is 13.3. The molecule has 0 aliphatic carbocycles. The number of anilines is 1. The molecule has 18 heavy (non-hydrogen) atoms. The zero-order valence-electron chi connectivity index (χ0n) is 10.7. The van der Waals surface area contributed by atoms with Crippen LogP contribution in [-0.4, -0.2) is 9.78 Å². The van der Waals surface area contributed by atoms with Gasteiger partial charge in [0.1, 0.15) is 11.4 Å². The van der Waals surface area contributed by atoms with Crippen LogP contribution in [0.5, 0.6) is 11.6 Å². The van der Waals surface area contributed by atoms with Gasteiger partial charge in [-0.2, -0.15) is 5.10 Å². The highest BCUT2D eigenvalue weighted by molar-refractivity contribution is 9.10. The number of aromatic nitrogens is 2. The first-order valence-electron chi connectivity index (χ1n) is 5.79. The fraction of sp³-hybridized carbons (Fsp3) is 0.308. The Morgan fingerprint density at radius 2 is 2.11 bits per heavy atom. The van der Waals surface area contributed by atoms with Crippen LogP contribution in [0, 0.1) is 13.8 Å². The molecule has 0 aliphatic rings. The molecule has 0 spiro atoms. The third kappa shape index (κ3) is 2.36. The smallest absolute Gasteiger partial charge is 0.241 e. The number of halogens is 1. The van der Waals surface area contributed by atoms with Crippen LogP contribution in [0.3, 0.4) is 0 Å². The summed E-state index contributed by atoms with van der Waals surface area (Å²) in [6.45, 7) is 6.62. The van der Waals surface area contributed by atoms with E-state index in [9.17, 15) is 0 Å². The molecule has 0 saturated heterocycles. The molecule has 0 atom stereocenters. The molecule has 1 heterocycles. The summed E-state index contributed by atoms with van der Waals surface area (Å²) in [6.07, 6.45) is 0. The van der Waals surface area contributed by atoms with E-state index in [0.29, 0.717) is 11.6 Å². The van der Waals surface area contributed by atoms with Crippen LogP contribution in [0.4, 0.5) is 5.69 Å². The van der Waals surface area contributed by atoms with Gasteiger partial charge in [-0.25, -0.2) is 4.68 Å². The number of benzene rings is 1. The lowest BCUT2D eigenvalue weighted by Crippen LogP contribution is -2.01. The number of nitrogen functional groups attached to an aromatic ring is 1. The average molecular weight is 310 g/mol. The van der Waals surface area contributed by atoms with Gasteiger partial charge in [-0.05, 0) is 44.5 Å². The van der Waals surface area contributed by atoms with E-state index < -0.39 is 0 Å². The van der Waals surface area contributed by atoms with Gasteiger partial charge in [0.15, 0.2) is 0 Å². The fourth-order valence-electron chi connectivity index (χ4n) is 1.69. The van der Waals surface area contributed by atoms with Crippen molar-refractivity contribution in [3.8, 4) is 11.6 Å². The van der Waals surface area contributed by atoms with Crippen molar-refractivity contribution in [3.63, 3.8) is 0 Å². The molecule has 2 rings (SSSR count). The lowest BCUT2D eigenvalue weighted by molar-refractivity contribution is 0.418. The molecule has 1 aromatic heterocycles. The third-order valence-corrected chi connectivity index (χ3v) is 3.66. The molecule has 5 heteroatoms. The second-order valence-corrected chi connectivity index (χ2v) is 4.99. The summed E-state index contributed by atoms with van der Waals surface area (Å²) in [7, 11) is 0. The van der Waals surface area contributed by atoms with Gasteiger partial charge >= 0.3 is 0 Å². The number of nitrogens with zero attached hydrogens (tertiary/aromatic N) is 2. The molecule has 2 aromatic rings. The maximum atomic E-state index is 5.98. The van der Waals surface area contributed by atoms with E-state index in [2.05, 4.69) is 21.0 Å². The number of hydrogen-bond acceptors (Lipinski definition) is 3. The Labute approximate surface area is 115 Å². The predicted octanol–water partition coefficient (Wildman–Crippen LogP) is 3.66. The number of rotatable bonds is 3. The molecular weight excluding hydrogens is 294 g/mol. The van der Waals surface area contributed by atoms with E-state index in [-0.39, 0.29) is 0 Å². The maximum Gasteiger partial charge on any atom is 0.241 e. The van der Waals surface area contributed by atoms with E-state index in [0.717, 1.165) is 28.0 Å². The van der Waals surface area contributed by atoms with Gasteiger partial charge in [-0.3, -0.25) is 0 Å². The van der Waals surface area contributed by atoms with Crippen molar-refractivity contribution in [3.05, 3.63) is 33.9 Å². The molecule has 0 fully saturated rings. The first kappa shape index (κ1) is 13.0. The molecule has 0 amide bonds. The van der Waals surface area contributed by atoms with E-state index in [1.807, 2.05) is 39.0 Å². The Kier molecular flexibility index (Phi) is 3.61. The first-order chi connectivity index (χ1) is 8.52. The summed E-state index contributed by atoms with van der Waals surface area (Å²) in [5, 5.41) is 4.32. The van der Waals surface area contributed by atoms with Gasteiger partial charge in [-0.15, -0.1) is 0 Å². The molecule has 0 unspecified atom stereocenters. The summed E-state index contributed by atoms with van der Waals surface area (Å²) in [5.41, 5.74) is 8.48. The van der Waals surface area contributed by atoms with Gasteiger partial charge in [0, 0.05) is 11.0 Å². The first-order valence-corrected chi connectivity index (χ1v) is 6.59. The number of hydrogen-bond donors (Lipinski definition) is 1. The van der Waals surface area contributed by atoms with Gasteiger partial charge < -0.3 is 10.5 Å². The van der Waals surface area contributed by atoms with Crippen LogP contribution in [0.15, 0.2) is 22.7 Å². The number of nitrogens with two attached hydrogens (primary N) is 1. The minimum absolute atomic E-state index is 0.595. The molecule has 96 valence electrons. The molecule has 0 radical (unpaired) electrons. The van der Waals surface area contributed by atoms with Crippen LogP contribution in [0.25, 0.3) is 0 Å². The predicted molar refractivity (Wildman–Crippen MR) is 76.0 cm³/mol. The minimum atomic E-state index is 0.595. The largest absolute Gasteiger partial charge is 0.437 e. The number of aryl methyl sites for hydroxylation is 3. The van der Waals surface area contributed by atoms with Crippen molar-refractivity contribution in [1.82, 2.24) is 9.78 Å². The topological polar surface area (TPSA) is 53.1 Å². The Morgan fingerprint density at radius 3 is 2.72 bits per heavy atom. The van der Waals surface area contributed by atoms with Gasteiger partial charge in [0.2, 0.25) is 5.88 Å². The van der Waals surface area contributed by atoms with Crippen LogP contribution < -0.4 is 10.5 Å². The Morgan fingerprint density at radius 1 is 1.39 bits per heavy atom. The van der Waals surface area contributed by atoms with Crippen molar-refractivity contribution in [2.75, 3.05) is 5.73 Å². The van der Waals surface area contributed by atoms with Crippen LogP contribution >= 0.6 is 15.9 Å². The highest BCUT2D eigenvalue weighted by atomic mass is 79.9. The zero-order valence-corrected chi connectivity index (χ0v) is 12.3. The van der Waals surface area contributed by atoms with Gasteiger partial charge in [-0.1, -0.05) is 15.9 Å². The molecule has 1 aromatic carbocycles. The monoisotopic (exact) mass is 309 g/mol. The third-order valence-electron chi connectivity index (χ3n) is 2.77. The lowest BCUT2D eigenvalue weighted by atomic mass is 10.2. The number of ether oxygens (including phenoxy) is 1. The summed E-state index contributed by atoms with van der Waals surface area (Å²) >= 11 is 3.46. The van der Waals surface area contributed by atoms with E-state index in [4.69, 9.17) is 10.5 Å². The van der Waals surface area contributed by atoms with E-state index >= 15 is 0 Å². The van der Waals surface area contributed by atoms with Crippen molar-refractivity contribution in [1.29, 1.82) is 0 Å². The summed E-state index contributed by atoms with van der Waals surface area (Å²) in [5.74, 6) is 1.37. The standard InChI is InChI=1S/C13H16BrN3O/c1-4-17-13(12(15)9(3)16-17)18-10-5-6-11(14)8(2)7-10/h5-7H,4,15H2,1-3H3. The molecule has 2 N–H and O–H groups in total. The van der Waals surface area contributed by atoms with Gasteiger partial charge in [0.25, 0.3) is 0 Å². The lowest BCUT2D eigenvalue weighted by Gasteiger charge is -2.09. The molecule has 0 aliphatic heterocycles. The minimum Gasteiger partial charge on any atom is -0.437 e. The van der Waals surface area contributed by atoms with Crippen molar-refractivity contribution < 1.29 is 4.74 Å². The summed E-state index contributed by atoms with van der Waals surface area (Å²) < 4.78 is 8.67. The van der Waals surface area contributed by atoms with Crippen LogP contribution in [0.1, 0.15) is 18.2 Å². The molecule has 4 nitrogen and oxygen atoms in total. The quantitative estimate of drug-likeness (QED) is 0.941. The Balaban J connectivity index is 2.36. The Bertz CT molecular complexity index is 578. The summed E-state index contributed by atoms with van der Waals surface area (Å²) in [6, 6.07) is 5.82. The maximum absolute atomic E-state index is 5.98. The second-order valence-electron chi connectivity index (χ2n) is 4.13. The van der Waals surface area contributed by atoms with E-state index in [1.165, 1.54) is 0 Å². The van der Waals surface area contributed by atoms with Gasteiger partial charge in [0.05, 0.1) is 5.69 Å². The van der Waals surface area contributed by atoms with Crippen molar-refractivity contribution in [2.45, 2.75) is 27.3 Å². The Hall–Kier alpha value is -1.49. The normalized spacial score (nSPS) is 10.7. The second kappa shape index (κ2) is 5.02. The van der Waals surface area contributed by atoms with Crippen molar-refractivity contribution in [2.24, 2.45) is 0 Å². The highest BCUT2D eigenvalue weighted by Crippen LogP contribution is 2.31. The molecular formula is C13H16BrN3O. The molecule has 0 bridgehead atoms. The van der Waals surface area contributed by atoms with Crippen molar-refractivity contribution >= 4 is 21.6 Å². The van der Waals surface area contributed by atoms with Crippen LogP contribution in [0.2, 0.25) is 0 Å². The van der Waals surface area contributed by atoms with E-state index in [1.54, 1.807) is 4.68 Å². The molecule has 0 saturated carbocycles. The fourth-order valence-corrected chi connectivity index (χ4v) is 1.94. The summed E-state index contributed by atoms with van der Waals surface area (Å²) in [4.78, 5) is 0. The average Bonchev–Trinajstić information content (AvgIpc) is 2.61. The highest BCUT2D eigenvalue weighted by Gasteiger charge is 2.13. The van der Waals surface area contributed by atoms with Crippen LogP contribution in [-0.2, 0) is 6.54 Å².